The van der Waals surface area contributed by atoms with E-state index in [2.05, 4.69) is 0 Å². The quantitative estimate of drug-likeness (QED) is 0.489. The third kappa shape index (κ3) is 3.97. The molecule has 26 heavy (non-hydrogen) atoms. The fourth-order valence-electron chi connectivity index (χ4n) is 5.83. The summed E-state index contributed by atoms with van der Waals surface area (Å²) in [7, 11) is 0. The summed E-state index contributed by atoms with van der Waals surface area (Å²) in [5.41, 5.74) is 0.643. The Morgan fingerprint density at radius 1 is 0.654 bits per heavy atom. The molecule has 0 spiro atoms. The molecule has 0 heterocycles. The highest BCUT2D eigenvalue weighted by Gasteiger charge is 2.33. The average molecular weight is 364 g/mol. The number of rotatable bonds is 4. The zero-order valence-electron chi connectivity index (χ0n) is 15.7. The summed E-state index contributed by atoms with van der Waals surface area (Å²) in [5.74, 6) is 0.383. The van der Waals surface area contributed by atoms with Crippen molar-refractivity contribution in [2.45, 2.75) is 83.0 Å². The van der Waals surface area contributed by atoms with Gasteiger partial charge >= 0.3 is 0 Å². The van der Waals surface area contributed by atoms with E-state index in [0.717, 1.165) is 49.4 Å². The van der Waals surface area contributed by atoms with E-state index in [1.165, 1.54) is 63.5 Å². The van der Waals surface area contributed by atoms with Crippen LogP contribution in [0.1, 0.15) is 88.5 Å². The molecule has 0 atom stereocenters. The summed E-state index contributed by atoms with van der Waals surface area (Å²) in [6.45, 7) is 0. The fraction of sp³-hybridized carbons (Fsp3) is 0.739. The lowest BCUT2D eigenvalue weighted by atomic mass is 9.66. The van der Waals surface area contributed by atoms with Crippen LogP contribution in [0.15, 0.2) is 12.1 Å². The molecular weight excluding hydrogens is 333 g/mol. The molecule has 3 aliphatic carbocycles. The van der Waals surface area contributed by atoms with Gasteiger partial charge in [0, 0.05) is 0 Å². The van der Waals surface area contributed by atoms with E-state index < -0.39 is 17.5 Å². The monoisotopic (exact) mass is 364 g/mol. The molecule has 3 saturated carbocycles. The van der Waals surface area contributed by atoms with Crippen molar-refractivity contribution in [1.29, 1.82) is 0 Å². The molecular formula is C23H31F3. The Bertz CT molecular complexity index is 583. The van der Waals surface area contributed by atoms with Crippen LogP contribution in [-0.2, 0) is 0 Å². The highest BCUT2D eigenvalue weighted by molar-refractivity contribution is 5.23. The number of halogens is 3. The molecule has 0 amide bonds. The lowest BCUT2D eigenvalue weighted by Gasteiger charge is -2.39. The maximum atomic E-state index is 13.5. The van der Waals surface area contributed by atoms with Gasteiger partial charge in [-0.15, -0.1) is 0 Å². The number of benzene rings is 1. The Morgan fingerprint density at radius 2 is 1.15 bits per heavy atom. The summed E-state index contributed by atoms with van der Waals surface area (Å²) >= 11 is 0. The summed E-state index contributed by atoms with van der Waals surface area (Å²) in [6.07, 6.45) is 15.7. The second-order valence-electron chi connectivity index (χ2n) is 9.22. The third-order valence-electron chi connectivity index (χ3n) is 7.70. The van der Waals surface area contributed by atoms with Crippen LogP contribution < -0.4 is 0 Å². The molecule has 0 bridgehead atoms. The molecule has 0 saturated heterocycles. The number of hydrogen-bond donors (Lipinski definition) is 0. The van der Waals surface area contributed by atoms with Gasteiger partial charge < -0.3 is 0 Å². The Balaban J connectivity index is 1.26. The smallest absolute Gasteiger partial charge is 0.194 e. The Morgan fingerprint density at radius 3 is 1.65 bits per heavy atom. The molecule has 3 heteroatoms. The SMILES string of the molecule is Fc1cc(C2CCC(C3CCC(CC4CCC4)CC3)CC2)cc(F)c1F. The van der Waals surface area contributed by atoms with E-state index in [1.807, 2.05) is 0 Å². The molecule has 0 nitrogen and oxygen atoms in total. The summed E-state index contributed by atoms with van der Waals surface area (Å²) in [4.78, 5) is 0. The molecule has 3 fully saturated rings. The van der Waals surface area contributed by atoms with Gasteiger partial charge in [-0.1, -0.05) is 32.1 Å². The van der Waals surface area contributed by atoms with Crippen molar-refractivity contribution in [2.24, 2.45) is 23.7 Å². The normalized spacial score (nSPS) is 33.0. The van der Waals surface area contributed by atoms with Crippen molar-refractivity contribution in [2.75, 3.05) is 0 Å². The van der Waals surface area contributed by atoms with Gasteiger partial charge in [0.1, 0.15) is 0 Å². The van der Waals surface area contributed by atoms with Gasteiger partial charge in [0.25, 0.3) is 0 Å². The largest absolute Gasteiger partial charge is 0.204 e. The van der Waals surface area contributed by atoms with E-state index in [1.54, 1.807) is 0 Å². The fourth-order valence-corrected chi connectivity index (χ4v) is 5.83. The lowest BCUT2D eigenvalue weighted by Crippen LogP contribution is -2.27. The van der Waals surface area contributed by atoms with Crippen LogP contribution in [0.25, 0.3) is 0 Å². The van der Waals surface area contributed by atoms with Crippen molar-refractivity contribution in [1.82, 2.24) is 0 Å². The van der Waals surface area contributed by atoms with Crippen molar-refractivity contribution in [3.63, 3.8) is 0 Å². The van der Waals surface area contributed by atoms with Crippen LogP contribution in [-0.4, -0.2) is 0 Å². The predicted octanol–water partition coefficient (Wildman–Crippen LogP) is 7.37. The van der Waals surface area contributed by atoms with Gasteiger partial charge in [0.2, 0.25) is 0 Å². The topological polar surface area (TPSA) is 0 Å². The summed E-state index contributed by atoms with van der Waals surface area (Å²) in [6, 6.07) is 2.41. The second kappa shape index (κ2) is 7.94. The van der Waals surface area contributed by atoms with E-state index >= 15 is 0 Å². The first kappa shape index (κ1) is 18.4. The first-order valence-corrected chi connectivity index (χ1v) is 10.7. The predicted molar refractivity (Wildman–Crippen MR) is 98.4 cm³/mol. The second-order valence-corrected chi connectivity index (χ2v) is 9.22. The first-order valence-electron chi connectivity index (χ1n) is 10.7. The molecule has 1 aromatic carbocycles. The van der Waals surface area contributed by atoms with Gasteiger partial charge in [-0.2, -0.15) is 0 Å². The van der Waals surface area contributed by atoms with Crippen molar-refractivity contribution in [3.05, 3.63) is 35.1 Å². The lowest BCUT2D eigenvalue weighted by molar-refractivity contribution is 0.137. The Kier molecular flexibility index (Phi) is 5.61. The van der Waals surface area contributed by atoms with Crippen LogP contribution in [0.5, 0.6) is 0 Å². The molecule has 4 rings (SSSR count). The molecule has 1 aromatic rings. The van der Waals surface area contributed by atoms with Gasteiger partial charge in [0.15, 0.2) is 17.5 Å². The minimum Gasteiger partial charge on any atom is -0.204 e. The van der Waals surface area contributed by atoms with Crippen LogP contribution in [0.2, 0.25) is 0 Å². The summed E-state index contributed by atoms with van der Waals surface area (Å²) in [5, 5.41) is 0. The van der Waals surface area contributed by atoms with Crippen LogP contribution >= 0.6 is 0 Å². The van der Waals surface area contributed by atoms with Crippen LogP contribution in [0, 0.1) is 41.1 Å². The molecule has 0 aromatic heterocycles. The minimum atomic E-state index is -1.35. The van der Waals surface area contributed by atoms with E-state index in [9.17, 15) is 13.2 Å². The maximum absolute atomic E-state index is 13.5. The van der Waals surface area contributed by atoms with Crippen LogP contribution in [0.4, 0.5) is 13.2 Å². The molecule has 3 aliphatic rings. The Labute approximate surface area is 155 Å². The third-order valence-corrected chi connectivity index (χ3v) is 7.70. The van der Waals surface area contributed by atoms with Gasteiger partial charge in [-0.3, -0.25) is 0 Å². The van der Waals surface area contributed by atoms with Crippen molar-refractivity contribution in [3.8, 4) is 0 Å². The average Bonchev–Trinajstić information content (AvgIpc) is 2.63. The molecule has 0 unspecified atom stereocenters. The van der Waals surface area contributed by atoms with E-state index in [0.29, 0.717) is 5.56 Å². The summed E-state index contributed by atoms with van der Waals surface area (Å²) < 4.78 is 40.2. The van der Waals surface area contributed by atoms with Gasteiger partial charge in [-0.05, 0) is 92.2 Å². The molecule has 144 valence electrons. The highest BCUT2D eigenvalue weighted by Crippen LogP contribution is 2.46. The zero-order chi connectivity index (χ0) is 18.1. The van der Waals surface area contributed by atoms with E-state index in [-0.39, 0.29) is 5.92 Å². The first-order chi connectivity index (χ1) is 12.6. The standard InChI is InChI=1S/C23H31F3/c24-21-13-20(14-22(25)23(21)26)19-10-8-18(9-11-19)17-6-4-16(5-7-17)12-15-2-1-3-15/h13-19H,1-12H2. The molecule has 0 radical (unpaired) electrons. The highest BCUT2D eigenvalue weighted by atomic mass is 19.2. The number of hydrogen-bond acceptors (Lipinski definition) is 0. The molecule has 0 N–H and O–H groups in total. The molecule has 0 aliphatic heterocycles. The van der Waals surface area contributed by atoms with Crippen molar-refractivity contribution >= 4 is 0 Å². The maximum Gasteiger partial charge on any atom is 0.194 e. The van der Waals surface area contributed by atoms with Gasteiger partial charge in [0.05, 0.1) is 0 Å². The van der Waals surface area contributed by atoms with Crippen molar-refractivity contribution < 1.29 is 13.2 Å². The Hall–Kier alpha value is -0.990. The zero-order valence-corrected chi connectivity index (χ0v) is 15.7. The van der Waals surface area contributed by atoms with Gasteiger partial charge in [-0.25, -0.2) is 13.2 Å². The van der Waals surface area contributed by atoms with E-state index in [4.69, 9.17) is 0 Å². The minimum absolute atomic E-state index is 0.186. The van der Waals surface area contributed by atoms with Crippen LogP contribution in [0.3, 0.4) is 0 Å².